The second kappa shape index (κ2) is 9.05. The Morgan fingerprint density at radius 1 is 1.27 bits per heavy atom. The molecule has 0 radical (unpaired) electrons. The van der Waals surface area contributed by atoms with Crippen molar-refractivity contribution in [3.05, 3.63) is 53.1 Å². The Kier molecular flexibility index (Phi) is 5.32. The number of carbonyl (C=O) groups excluding carboxylic acids is 2. The van der Waals surface area contributed by atoms with E-state index < -0.39 is 28.8 Å². The maximum absolute atomic E-state index is 13.6. The summed E-state index contributed by atoms with van der Waals surface area (Å²) < 4.78 is 57.5. The molecular weight excluding hydrogens is 445 g/mol. The van der Waals surface area contributed by atoms with Gasteiger partial charge < -0.3 is 19.7 Å². The Morgan fingerprint density at radius 2 is 2.06 bits per heavy atom. The van der Waals surface area contributed by atoms with Crippen LogP contribution in [0.4, 0.5) is 5.69 Å². The molecule has 0 bridgehead atoms. The number of hydrogen-bond donors (Lipinski definition) is 1. The molecule has 1 aliphatic heterocycles. The van der Waals surface area contributed by atoms with Crippen LogP contribution in [-0.2, 0) is 21.2 Å². The topological polar surface area (TPSA) is 102 Å². The number of hydrogen-bond acceptors (Lipinski definition) is 6. The van der Waals surface area contributed by atoms with Gasteiger partial charge in [0.05, 0.1) is 40.8 Å². The fraction of sp³-hybridized carbons (Fsp3) is 0.417. The number of nitrogens with zero attached hydrogens (tertiary/aromatic N) is 1. The van der Waals surface area contributed by atoms with Crippen molar-refractivity contribution in [2.75, 3.05) is 31.0 Å². The smallest absolute Gasteiger partial charge is 0.257 e. The van der Waals surface area contributed by atoms with Crippen molar-refractivity contribution in [1.29, 1.82) is 0 Å². The van der Waals surface area contributed by atoms with E-state index in [2.05, 4.69) is 5.32 Å². The number of carbonyl (C=O) groups is 2. The first-order valence-corrected chi connectivity index (χ1v) is 12.8. The van der Waals surface area contributed by atoms with E-state index in [0.717, 1.165) is 19.1 Å². The van der Waals surface area contributed by atoms with E-state index in [-0.39, 0.29) is 42.2 Å². The minimum absolute atomic E-state index is 0.0141. The maximum Gasteiger partial charge on any atom is 0.257 e. The predicted octanol–water partition coefficient (Wildman–Crippen LogP) is 3.18. The molecule has 176 valence electrons. The van der Waals surface area contributed by atoms with Gasteiger partial charge in [-0.3, -0.25) is 9.59 Å². The highest BCUT2D eigenvalue weighted by Gasteiger charge is 2.38. The highest BCUT2D eigenvalue weighted by atomic mass is 32.2. The lowest BCUT2D eigenvalue weighted by molar-refractivity contribution is -0.117. The first kappa shape index (κ1) is 19.4. The lowest BCUT2D eigenvalue weighted by Crippen LogP contribution is -2.34. The molecule has 0 unspecified atom stereocenters. The number of ether oxygens (including phenoxy) is 2. The van der Waals surface area contributed by atoms with Gasteiger partial charge in [0.2, 0.25) is 5.91 Å². The molecule has 0 spiro atoms. The Balaban J connectivity index is 1.70. The summed E-state index contributed by atoms with van der Waals surface area (Å²) in [5.41, 5.74) is 1.88. The van der Waals surface area contributed by atoms with E-state index in [0.29, 0.717) is 22.4 Å². The summed E-state index contributed by atoms with van der Waals surface area (Å²) in [5.74, 6) is -0.814. The Hall–Kier alpha value is -3.07. The van der Waals surface area contributed by atoms with Crippen LogP contribution in [0.3, 0.4) is 0 Å². The number of benzene rings is 2. The van der Waals surface area contributed by atoms with Crippen LogP contribution in [0.25, 0.3) is 0 Å². The number of rotatable bonds is 9. The van der Waals surface area contributed by atoms with Crippen molar-refractivity contribution < 1.29 is 31.6 Å². The van der Waals surface area contributed by atoms with Crippen molar-refractivity contribution in [3.8, 4) is 11.5 Å². The monoisotopic (exact) mass is 476 g/mol. The lowest BCUT2D eigenvalue weighted by Gasteiger charge is -2.28. The summed E-state index contributed by atoms with van der Waals surface area (Å²) in [4.78, 5) is 27.4. The minimum atomic E-state index is -3.54. The molecule has 1 N–H and O–H groups in total. The fourth-order valence-corrected chi connectivity index (χ4v) is 5.00. The Morgan fingerprint density at radius 3 is 2.73 bits per heavy atom. The van der Waals surface area contributed by atoms with Crippen LogP contribution in [0.15, 0.2) is 36.4 Å². The van der Waals surface area contributed by atoms with Gasteiger partial charge in [-0.1, -0.05) is 18.2 Å². The number of anilines is 1. The zero-order chi connectivity index (χ0) is 26.3. The summed E-state index contributed by atoms with van der Waals surface area (Å²) in [6, 6.07) is 8.75. The first-order chi connectivity index (χ1) is 16.9. The minimum Gasteiger partial charge on any atom is -0.493 e. The van der Waals surface area contributed by atoms with Gasteiger partial charge in [0.15, 0.2) is 11.5 Å². The third-order valence-electron chi connectivity index (χ3n) is 5.77. The van der Waals surface area contributed by atoms with Crippen molar-refractivity contribution in [3.63, 3.8) is 0 Å². The average Bonchev–Trinajstić information content (AvgIpc) is 3.56. The standard InChI is InChI=1S/C24H28N2O6S/c1-4-32-21-12-16(10-11-20(21)31-2)19(14-33(3,29)30)26-13-17-6-5-7-18(22(17)24(26)28)25-23(27)15-8-9-15/h5-7,10-12,15,19H,4,8-9,13-14H2,1-3H3,(H,25,27)/t19-/m1/s1/i2+1D3. The van der Waals surface area contributed by atoms with Gasteiger partial charge in [-0.15, -0.1) is 0 Å². The molecule has 33 heavy (non-hydrogen) atoms. The molecule has 0 saturated heterocycles. The second-order valence-electron chi connectivity index (χ2n) is 8.39. The predicted molar refractivity (Wildman–Crippen MR) is 124 cm³/mol. The molecule has 1 saturated carbocycles. The van der Waals surface area contributed by atoms with E-state index in [9.17, 15) is 18.0 Å². The number of nitrogens with one attached hydrogen (secondary N) is 1. The maximum atomic E-state index is 13.6. The fourth-order valence-electron chi connectivity index (χ4n) is 4.06. The van der Waals surface area contributed by atoms with Crippen molar-refractivity contribution in [2.24, 2.45) is 5.92 Å². The summed E-state index contributed by atoms with van der Waals surface area (Å²) in [7, 11) is -6.24. The van der Waals surface area contributed by atoms with Gasteiger partial charge in [-0.2, -0.15) is 0 Å². The Bertz CT molecular complexity index is 1290. The summed E-state index contributed by atoms with van der Waals surface area (Å²) >= 11 is 0. The van der Waals surface area contributed by atoms with Crippen LogP contribution in [0.5, 0.6) is 11.5 Å². The van der Waals surface area contributed by atoms with E-state index in [1.54, 1.807) is 25.1 Å². The molecule has 1 atom stereocenters. The summed E-state index contributed by atoms with van der Waals surface area (Å²) in [6.45, 7) is 2.09. The molecule has 1 fully saturated rings. The van der Waals surface area contributed by atoms with Gasteiger partial charge in [0.1, 0.15) is 9.84 Å². The number of sulfone groups is 1. The number of fused-ring (bicyclic) bond motifs is 1. The lowest BCUT2D eigenvalue weighted by atomic mass is 10.1. The molecule has 1 aliphatic carbocycles. The number of methoxy groups -OCH3 is 1. The van der Waals surface area contributed by atoms with Crippen LogP contribution in [0, 0.1) is 5.92 Å². The van der Waals surface area contributed by atoms with Gasteiger partial charge in [-0.05, 0) is 49.1 Å². The third-order valence-corrected chi connectivity index (χ3v) is 6.69. The molecule has 1 heterocycles. The Labute approximate surface area is 198 Å². The quantitative estimate of drug-likeness (QED) is 0.558. The van der Waals surface area contributed by atoms with E-state index in [4.69, 9.17) is 13.6 Å². The van der Waals surface area contributed by atoms with Crippen LogP contribution in [-0.4, -0.2) is 50.8 Å². The normalized spacial score (nSPS) is 18.1. The average molecular weight is 477 g/mol. The summed E-state index contributed by atoms with van der Waals surface area (Å²) in [6.07, 6.45) is 2.73. The summed E-state index contributed by atoms with van der Waals surface area (Å²) in [5, 5.41) is 2.84. The van der Waals surface area contributed by atoms with Gasteiger partial charge in [-0.25, -0.2) is 8.42 Å². The molecule has 8 nitrogen and oxygen atoms in total. The molecule has 2 aromatic carbocycles. The van der Waals surface area contributed by atoms with Crippen molar-refractivity contribution in [1.82, 2.24) is 4.90 Å². The third kappa shape index (κ3) is 4.98. The van der Waals surface area contributed by atoms with Gasteiger partial charge >= 0.3 is 0 Å². The van der Waals surface area contributed by atoms with Crippen molar-refractivity contribution in [2.45, 2.75) is 32.4 Å². The van der Waals surface area contributed by atoms with Crippen LogP contribution < -0.4 is 14.8 Å². The molecule has 2 amide bonds. The van der Waals surface area contributed by atoms with E-state index in [1.165, 1.54) is 23.1 Å². The SMILES string of the molecule is [2H][13C]([2H])([2H])Oc1ccc([C@@H](CS(C)(=O)=O)N2Cc3cccc(NC(=O)C4CC4)c3C2=O)cc1OCC. The zero-order valence-electron chi connectivity index (χ0n) is 21.5. The van der Waals surface area contributed by atoms with E-state index in [1.807, 2.05) is 0 Å². The molecular formula is C24H28N2O6S. The molecule has 2 aliphatic rings. The van der Waals surface area contributed by atoms with Gasteiger partial charge in [0, 0.05) is 18.7 Å². The molecule has 2 aromatic rings. The highest BCUT2D eigenvalue weighted by Crippen LogP contribution is 2.39. The van der Waals surface area contributed by atoms with Crippen LogP contribution in [0.1, 0.15) is 51.4 Å². The van der Waals surface area contributed by atoms with Crippen LogP contribution in [0.2, 0.25) is 0 Å². The largest absolute Gasteiger partial charge is 0.493 e. The zero-order valence-corrected chi connectivity index (χ0v) is 19.3. The number of amides is 2. The van der Waals surface area contributed by atoms with Gasteiger partial charge in [0.25, 0.3) is 5.91 Å². The van der Waals surface area contributed by atoms with E-state index >= 15 is 0 Å². The first-order valence-electron chi connectivity index (χ1n) is 12.2. The van der Waals surface area contributed by atoms with Crippen LogP contribution >= 0.6 is 0 Å². The molecule has 9 heteroatoms. The second-order valence-corrected chi connectivity index (χ2v) is 10.6. The highest BCUT2D eigenvalue weighted by molar-refractivity contribution is 7.90. The van der Waals surface area contributed by atoms with Crippen molar-refractivity contribution >= 4 is 27.3 Å². The molecule has 4 rings (SSSR count). The molecule has 0 aromatic heterocycles.